The van der Waals surface area contributed by atoms with Gasteiger partial charge in [0.15, 0.2) is 0 Å². The van der Waals surface area contributed by atoms with Gasteiger partial charge in [0.1, 0.15) is 5.82 Å². The first-order valence-corrected chi connectivity index (χ1v) is 5.84. The number of hydrazone groups is 1. The molecule has 0 radical (unpaired) electrons. The van der Waals surface area contributed by atoms with Crippen LogP contribution in [0.3, 0.4) is 0 Å². The molecule has 0 bridgehead atoms. The summed E-state index contributed by atoms with van der Waals surface area (Å²) in [5.74, 6) is -0.392. The number of benzene rings is 2. The van der Waals surface area contributed by atoms with Crippen LogP contribution < -0.4 is 5.43 Å². The average Bonchev–Trinajstić information content (AvgIpc) is 2.35. The Morgan fingerprint density at radius 3 is 2.56 bits per heavy atom. The Kier molecular flexibility index (Phi) is 3.95. The van der Waals surface area contributed by atoms with Crippen LogP contribution in [-0.2, 0) is 0 Å². The molecule has 2 nitrogen and oxygen atoms in total. The summed E-state index contributed by atoms with van der Waals surface area (Å²) >= 11 is 5.87. The van der Waals surface area contributed by atoms with Gasteiger partial charge in [-0.2, -0.15) is 5.10 Å². The van der Waals surface area contributed by atoms with E-state index in [4.69, 9.17) is 11.6 Å². The van der Waals surface area contributed by atoms with Gasteiger partial charge in [0.05, 0.1) is 16.9 Å². The maximum atomic E-state index is 13.4. The largest absolute Gasteiger partial charge is 0.279 e. The Hall–Kier alpha value is -1.87. The highest BCUT2D eigenvalue weighted by Gasteiger charge is 2.03. The summed E-state index contributed by atoms with van der Waals surface area (Å²) in [7, 11) is 0. The molecule has 0 aliphatic rings. The quantitative estimate of drug-likeness (QED) is 0.650. The van der Waals surface area contributed by atoms with Gasteiger partial charge in [0.2, 0.25) is 0 Å². The van der Waals surface area contributed by atoms with E-state index in [1.165, 1.54) is 17.8 Å². The number of anilines is 1. The van der Waals surface area contributed by atoms with Crippen LogP contribution in [-0.4, -0.2) is 6.21 Å². The molecule has 0 atom stereocenters. The second kappa shape index (κ2) is 5.65. The monoisotopic (exact) mass is 262 g/mol. The predicted molar refractivity (Wildman–Crippen MR) is 73.8 cm³/mol. The van der Waals surface area contributed by atoms with Crippen molar-refractivity contribution in [2.45, 2.75) is 6.92 Å². The fourth-order valence-electron chi connectivity index (χ4n) is 1.43. The highest BCUT2D eigenvalue weighted by Crippen LogP contribution is 2.16. The van der Waals surface area contributed by atoms with E-state index < -0.39 is 5.82 Å². The summed E-state index contributed by atoms with van der Waals surface area (Å²) in [6.07, 6.45) is 1.37. The predicted octanol–water partition coefficient (Wildman–Crippen LogP) is 4.23. The van der Waals surface area contributed by atoms with E-state index in [-0.39, 0.29) is 5.56 Å². The zero-order valence-corrected chi connectivity index (χ0v) is 10.6. The molecule has 2 rings (SSSR count). The van der Waals surface area contributed by atoms with E-state index in [1.807, 2.05) is 31.2 Å². The van der Waals surface area contributed by atoms with Crippen molar-refractivity contribution in [1.82, 2.24) is 0 Å². The zero-order chi connectivity index (χ0) is 13.0. The van der Waals surface area contributed by atoms with Gasteiger partial charge in [-0.05, 0) is 31.2 Å². The number of hydrogen-bond acceptors (Lipinski definition) is 2. The van der Waals surface area contributed by atoms with Crippen molar-refractivity contribution in [3.63, 3.8) is 0 Å². The molecule has 0 aromatic heterocycles. The summed E-state index contributed by atoms with van der Waals surface area (Å²) in [5, 5.41) is 4.30. The highest BCUT2D eigenvalue weighted by atomic mass is 35.5. The molecule has 2 aromatic carbocycles. The molecular formula is C14H12ClFN2. The number of nitrogens with zero attached hydrogens (tertiary/aromatic N) is 1. The molecule has 18 heavy (non-hydrogen) atoms. The highest BCUT2D eigenvalue weighted by molar-refractivity contribution is 6.33. The van der Waals surface area contributed by atoms with Crippen LogP contribution in [0.5, 0.6) is 0 Å². The van der Waals surface area contributed by atoms with Crippen LogP contribution in [0.1, 0.15) is 11.1 Å². The number of hydrogen-bond donors (Lipinski definition) is 1. The first kappa shape index (κ1) is 12.6. The van der Waals surface area contributed by atoms with Crippen molar-refractivity contribution < 1.29 is 4.39 Å². The maximum absolute atomic E-state index is 13.4. The normalized spacial score (nSPS) is 10.8. The Morgan fingerprint density at radius 1 is 1.17 bits per heavy atom. The van der Waals surface area contributed by atoms with E-state index in [9.17, 15) is 4.39 Å². The molecular weight excluding hydrogens is 251 g/mol. The lowest BCUT2D eigenvalue weighted by Crippen LogP contribution is -1.94. The molecule has 0 spiro atoms. The molecule has 0 saturated carbocycles. The number of halogens is 2. The SMILES string of the molecule is Cc1ccc(N/N=C/c2c(F)cccc2Cl)cc1. The van der Waals surface area contributed by atoms with Gasteiger partial charge >= 0.3 is 0 Å². The number of nitrogens with one attached hydrogen (secondary N) is 1. The van der Waals surface area contributed by atoms with Crippen LogP contribution in [0.15, 0.2) is 47.6 Å². The Labute approximate surface area is 110 Å². The van der Waals surface area contributed by atoms with Gasteiger partial charge in [-0.15, -0.1) is 0 Å². The van der Waals surface area contributed by atoms with Crippen molar-refractivity contribution in [2.75, 3.05) is 5.43 Å². The maximum Gasteiger partial charge on any atom is 0.133 e. The lowest BCUT2D eigenvalue weighted by molar-refractivity contribution is 0.626. The van der Waals surface area contributed by atoms with E-state index >= 15 is 0 Å². The third-order valence-electron chi connectivity index (χ3n) is 2.44. The summed E-state index contributed by atoms with van der Waals surface area (Å²) < 4.78 is 13.4. The van der Waals surface area contributed by atoms with Gasteiger partial charge in [-0.25, -0.2) is 4.39 Å². The van der Waals surface area contributed by atoms with Gasteiger partial charge in [0.25, 0.3) is 0 Å². The minimum absolute atomic E-state index is 0.277. The lowest BCUT2D eigenvalue weighted by atomic mass is 10.2. The molecule has 0 aliphatic carbocycles. The lowest BCUT2D eigenvalue weighted by Gasteiger charge is -2.01. The Bertz CT molecular complexity index is 544. The topological polar surface area (TPSA) is 24.4 Å². The van der Waals surface area contributed by atoms with Gasteiger partial charge in [-0.1, -0.05) is 35.4 Å². The second-order valence-corrected chi connectivity index (χ2v) is 4.28. The van der Waals surface area contributed by atoms with E-state index in [1.54, 1.807) is 12.1 Å². The molecule has 0 saturated heterocycles. The third kappa shape index (κ3) is 3.08. The first-order valence-electron chi connectivity index (χ1n) is 5.46. The van der Waals surface area contributed by atoms with Crippen LogP contribution in [0, 0.1) is 12.7 Å². The molecule has 0 fully saturated rings. The van der Waals surface area contributed by atoms with Crippen molar-refractivity contribution in [3.8, 4) is 0 Å². The van der Waals surface area contributed by atoms with E-state index in [2.05, 4.69) is 10.5 Å². The van der Waals surface area contributed by atoms with Crippen molar-refractivity contribution in [1.29, 1.82) is 0 Å². The minimum Gasteiger partial charge on any atom is -0.279 e. The first-order chi connectivity index (χ1) is 8.66. The molecule has 0 unspecified atom stereocenters. The molecule has 92 valence electrons. The number of aryl methyl sites for hydroxylation is 1. The Morgan fingerprint density at radius 2 is 1.89 bits per heavy atom. The average molecular weight is 263 g/mol. The fraction of sp³-hybridized carbons (Fsp3) is 0.0714. The van der Waals surface area contributed by atoms with Crippen molar-refractivity contribution in [2.24, 2.45) is 5.10 Å². The molecule has 1 N–H and O–H groups in total. The fourth-order valence-corrected chi connectivity index (χ4v) is 1.65. The minimum atomic E-state index is -0.392. The van der Waals surface area contributed by atoms with E-state index in [0.717, 1.165) is 5.69 Å². The summed E-state index contributed by atoms with van der Waals surface area (Å²) in [6.45, 7) is 2.01. The van der Waals surface area contributed by atoms with Crippen LogP contribution in [0.4, 0.5) is 10.1 Å². The molecule has 0 aliphatic heterocycles. The smallest absolute Gasteiger partial charge is 0.133 e. The molecule has 0 heterocycles. The number of rotatable bonds is 3. The summed E-state index contributed by atoms with van der Waals surface area (Å²) in [4.78, 5) is 0. The molecule has 0 amide bonds. The van der Waals surface area contributed by atoms with Crippen LogP contribution in [0.2, 0.25) is 5.02 Å². The van der Waals surface area contributed by atoms with Crippen molar-refractivity contribution >= 4 is 23.5 Å². The third-order valence-corrected chi connectivity index (χ3v) is 2.77. The van der Waals surface area contributed by atoms with Crippen LogP contribution >= 0.6 is 11.6 Å². The van der Waals surface area contributed by atoms with Crippen molar-refractivity contribution in [3.05, 3.63) is 64.4 Å². The zero-order valence-electron chi connectivity index (χ0n) is 9.82. The van der Waals surface area contributed by atoms with Gasteiger partial charge < -0.3 is 0 Å². The van der Waals surface area contributed by atoms with Crippen LogP contribution in [0.25, 0.3) is 0 Å². The Balaban J connectivity index is 2.10. The summed E-state index contributed by atoms with van der Waals surface area (Å²) in [6, 6.07) is 12.3. The van der Waals surface area contributed by atoms with Gasteiger partial charge in [-0.3, -0.25) is 5.43 Å². The van der Waals surface area contributed by atoms with E-state index in [0.29, 0.717) is 5.02 Å². The molecule has 4 heteroatoms. The van der Waals surface area contributed by atoms with Gasteiger partial charge in [0, 0.05) is 5.56 Å². The molecule has 2 aromatic rings. The summed E-state index contributed by atoms with van der Waals surface area (Å²) in [5.41, 5.74) is 5.10. The second-order valence-electron chi connectivity index (χ2n) is 3.87. The standard InChI is InChI=1S/C14H12ClFN2/c1-10-5-7-11(8-6-10)18-17-9-12-13(15)3-2-4-14(12)16/h2-9,18H,1H3/b17-9+.